The molecule has 25 heavy (non-hydrogen) atoms. The van der Waals surface area contributed by atoms with E-state index in [2.05, 4.69) is 27.9 Å². The van der Waals surface area contributed by atoms with Crippen molar-refractivity contribution in [2.75, 3.05) is 29.9 Å². The molecule has 6 heteroatoms. The van der Waals surface area contributed by atoms with Crippen LogP contribution in [0.5, 0.6) is 0 Å². The summed E-state index contributed by atoms with van der Waals surface area (Å²) in [6, 6.07) is 15.0. The molecule has 1 aliphatic heterocycles. The number of carbonyl (C=O) groups excluding carboxylic acids is 2. The van der Waals surface area contributed by atoms with Gasteiger partial charge in [-0.2, -0.15) is 11.8 Å². The van der Waals surface area contributed by atoms with Crippen LogP contribution in [0.15, 0.2) is 48.5 Å². The van der Waals surface area contributed by atoms with Crippen LogP contribution in [0.1, 0.15) is 15.9 Å². The second-order valence-corrected chi connectivity index (χ2v) is 8.30. The van der Waals surface area contributed by atoms with Gasteiger partial charge in [0, 0.05) is 39.4 Å². The van der Waals surface area contributed by atoms with Gasteiger partial charge in [0.15, 0.2) is 0 Å². The molecule has 1 N–H and O–H groups in total. The third-order valence-corrected chi connectivity index (χ3v) is 5.63. The van der Waals surface area contributed by atoms with Crippen molar-refractivity contribution in [2.24, 2.45) is 0 Å². The van der Waals surface area contributed by atoms with E-state index in [1.807, 2.05) is 59.1 Å². The summed E-state index contributed by atoms with van der Waals surface area (Å²) in [6.07, 6.45) is 0.412. The quantitative estimate of drug-likeness (QED) is 0.700. The largest absolute Gasteiger partial charge is 0.341 e. The maximum Gasteiger partial charge on any atom is 0.255 e. The minimum Gasteiger partial charge on any atom is -0.341 e. The van der Waals surface area contributed by atoms with Crippen LogP contribution in [-0.4, -0.2) is 41.3 Å². The lowest BCUT2D eigenvalue weighted by Crippen LogP contribution is -2.38. The van der Waals surface area contributed by atoms with Gasteiger partial charge in [-0.15, -0.1) is 0 Å². The summed E-state index contributed by atoms with van der Waals surface area (Å²) < 4.78 is 1.02. The summed E-state index contributed by atoms with van der Waals surface area (Å²) in [5, 5.41) is 2.89. The second-order valence-electron chi connectivity index (χ2n) is 5.83. The van der Waals surface area contributed by atoms with Gasteiger partial charge in [0.25, 0.3) is 5.91 Å². The molecule has 0 spiro atoms. The predicted molar refractivity (Wildman–Crippen MR) is 111 cm³/mol. The molecule has 0 saturated carbocycles. The number of thioether (sulfide) groups is 1. The van der Waals surface area contributed by atoms with Crippen LogP contribution in [0, 0.1) is 3.57 Å². The van der Waals surface area contributed by atoms with Crippen molar-refractivity contribution < 1.29 is 9.59 Å². The molecule has 130 valence electrons. The lowest BCUT2D eigenvalue weighted by molar-refractivity contribution is -0.130. The zero-order chi connectivity index (χ0) is 17.6. The number of hydrogen-bond acceptors (Lipinski definition) is 3. The first-order valence-electron chi connectivity index (χ1n) is 8.13. The van der Waals surface area contributed by atoms with Crippen LogP contribution in [0.4, 0.5) is 5.69 Å². The van der Waals surface area contributed by atoms with E-state index in [0.29, 0.717) is 12.0 Å². The smallest absolute Gasteiger partial charge is 0.255 e. The van der Waals surface area contributed by atoms with Crippen molar-refractivity contribution in [3.8, 4) is 0 Å². The van der Waals surface area contributed by atoms with Crippen LogP contribution in [0.3, 0.4) is 0 Å². The number of nitrogens with one attached hydrogen (secondary N) is 1. The first-order valence-corrected chi connectivity index (χ1v) is 10.4. The normalized spacial score (nSPS) is 14.2. The highest BCUT2D eigenvalue weighted by atomic mass is 127. The van der Waals surface area contributed by atoms with Crippen LogP contribution < -0.4 is 5.32 Å². The predicted octanol–water partition coefficient (Wildman–Crippen LogP) is 3.66. The highest BCUT2D eigenvalue weighted by Crippen LogP contribution is 2.15. The fraction of sp³-hybridized carbons (Fsp3) is 0.263. The molecule has 2 aromatic carbocycles. The van der Waals surface area contributed by atoms with Gasteiger partial charge in [-0.1, -0.05) is 18.2 Å². The summed E-state index contributed by atoms with van der Waals surface area (Å²) in [5.74, 6) is 2.09. The zero-order valence-corrected chi connectivity index (χ0v) is 16.7. The van der Waals surface area contributed by atoms with Crippen LogP contribution >= 0.6 is 34.4 Å². The standard InChI is InChI=1S/C19H19IN2O2S/c20-16-3-1-2-15(13-16)19(24)21-17-6-4-14(5-7-17)12-18(23)22-8-10-25-11-9-22/h1-7,13H,8-12H2,(H,21,24). The fourth-order valence-corrected chi connectivity index (χ4v) is 4.08. The van der Waals surface area contributed by atoms with Crippen molar-refractivity contribution in [3.63, 3.8) is 0 Å². The Bertz CT molecular complexity index is 758. The van der Waals surface area contributed by atoms with Crippen LogP contribution in [0.25, 0.3) is 0 Å². The van der Waals surface area contributed by atoms with Gasteiger partial charge < -0.3 is 10.2 Å². The molecule has 0 atom stereocenters. The summed E-state index contributed by atoms with van der Waals surface area (Å²) in [7, 11) is 0. The van der Waals surface area contributed by atoms with Gasteiger partial charge in [0.05, 0.1) is 6.42 Å². The molecule has 2 aromatic rings. The third kappa shape index (κ3) is 5.22. The minimum absolute atomic E-state index is 0.131. The van der Waals surface area contributed by atoms with Gasteiger partial charge in [0.1, 0.15) is 0 Å². The van der Waals surface area contributed by atoms with E-state index in [4.69, 9.17) is 0 Å². The molecule has 0 bridgehead atoms. The lowest BCUT2D eigenvalue weighted by Gasteiger charge is -2.26. The van der Waals surface area contributed by atoms with Crippen LogP contribution in [-0.2, 0) is 11.2 Å². The van der Waals surface area contributed by atoms with E-state index in [1.165, 1.54) is 0 Å². The number of anilines is 1. The van der Waals surface area contributed by atoms with E-state index >= 15 is 0 Å². The Hall–Kier alpha value is -1.54. The molecule has 1 heterocycles. The van der Waals surface area contributed by atoms with E-state index in [9.17, 15) is 9.59 Å². The molecule has 1 aliphatic rings. The first kappa shape index (κ1) is 18.3. The number of halogens is 1. The monoisotopic (exact) mass is 466 g/mol. The number of hydrogen-bond donors (Lipinski definition) is 1. The molecule has 4 nitrogen and oxygen atoms in total. The summed E-state index contributed by atoms with van der Waals surface area (Å²) >= 11 is 4.08. The molecule has 0 aromatic heterocycles. The highest BCUT2D eigenvalue weighted by molar-refractivity contribution is 14.1. The van der Waals surface area contributed by atoms with Crippen molar-refractivity contribution in [2.45, 2.75) is 6.42 Å². The fourth-order valence-electron chi connectivity index (χ4n) is 2.64. The average molecular weight is 466 g/mol. The molecule has 0 unspecified atom stereocenters. The van der Waals surface area contributed by atoms with Crippen molar-refractivity contribution >= 4 is 51.9 Å². The summed E-state index contributed by atoms with van der Waals surface area (Å²) in [5.41, 5.74) is 2.33. The van der Waals surface area contributed by atoms with Crippen LogP contribution in [0.2, 0.25) is 0 Å². The molecule has 0 radical (unpaired) electrons. The van der Waals surface area contributed by atoms with Crippen molar-refractivity contribution in [1.29, 1.82) is 0 Å². The number of carbonyl (C=O) groups is 2. The third-order valence-electron chi connectivity index (χ3n) is 4.02. The zero-order valence-electron chi connectivity index (χ0n) is 13.7. The van der Waals surface area contributed by atoms with Crippen molar-refractivity contribution in [3.05, 3.63) is 63.2 Å². The highest BCUT2D eigenvalue weighted by Gasteiger charge is 2.16. The van der Waals surface area contributed by atoms with E-state index in [1.54, 1.807) is 6.07 Å². The maximum atomic E-state index is 12.3. The maximum absolute atomic E-state index is 12.3. The van der Waals surface area contributed by atoms with E-state index in [-0.39, 0.29) is 11.8 Å². The van der Waals surface area contributed by atoms with E-state index < -0.39 is 0 Å². The second kappa shape index (κ2) is 8.71. The summed E-state index contributed by atoms with van der Waals surface area (Å²) in [4.78, 5) is 26.5. The Morgan fingerprint density at radius 1 is 1.08 bits per heavy atom. The first-order chi connectivity index (χ1) is 12.1. The topological polar surface area (TPSA) is 49.4 Å². The Morgan fingerprint density at radius 2 is 1.80 bits per heavy atom. The minimum atomic E-state index is -0.131. The molecule has 3 rings (SSSR count). The Morgan fingerprint density at radius 3 is 2.48 bits per heavy atom. The van der Waals surface area contributed by atoms with Gasteiger partial charge in [-0.25, -0.2) is 0 Å². The Labute approximate surface area is 165 Å². The SMILES string of the molecule is O=C(Nc1ccc(CC(=O)N2CCSCC2)cc1)c1cccc(I)c1. The lowest BCUT2D eigenvalue weighted by atomic mass is 10.1. The molecular formula is C19H19IN2O2S. The summed E-state index contributed by atoms with van der Waals surface area (Å²) in [6.45, 7) is 1.68. The van der Waals surface area contributed by atoms with Gasteiger partial charge >= 0.3 is 0 Å². The van der Waals surface area contributed by atoms with Gasteiger partial charge in [-0.3, -0.25) is 9.59 Å². The number of rotatable bonds is 4. The number of amides is 2. The molecule has 1 saturated heterocycles. The average Bonchev–Trinajstić information content (AvgIpc) is 2.64. The van der Waals surface area contributed by atoms with Gasteiger partial charge in [-0.05, 0) is 58.5 Å². The molecule has 0 aliphatic carbocycles. The number of benzene rings is 2. The Kier molecular flexibility index (Phi) is 6.36. The number of nitrogens with zero attached hydrogens (tertiary/aromatic N) is 1. The molecule has 1 fully saturated rings. The molecule has 2 amide bonds. The molecular weight excluding hydrogens is 447 g/mol. The Balaban J connectivity index is 1.58. The van der Waals surface area contributed by atoms with Crippen molar-refractivity contribution in [1.82, 2.24) is 4.90 Å². The van der Waals surface area contributed by atoms with Gasteiger partial charge in [0.2, 0.25) is 5.91 Å². The van der Waals surface area contributed by atoms with E-state index in [0.717, 1.165) is 39.4 Å².